The molecule has 0 saturated carbocycles. The Morgan fingerprint density at radius 2 is 0.698 bits per heavy atom. The number of rotatable bonds is 5. The smallest absolute Gasteiger partial charge is 0.328 e. The fourth-order valence-corrected chi connectivity index (χ4v) is 12.2. The van der Waals surface area contributed by atoms with Crippen LogP contribution in [-0.4, -0.2) is 19.4 Å². The fraction of sp³-hybridized carbons (Fsp3) is 0.0400. The van der Waals surface area contributed by atoms with E-state index in [-0.39, 0.29) is 6.85 Å². The summed E-state index contributed by atoms with van der Waals surface area (Å²) in [6, 6.07) is 72.2. The Balaban J connectivity index is 1.45. The molecule has 1 aromatic heterocycles. The molecule has 0 unspecified atom stereocenters. The molecular weight excluding hydrogens is 653 g/mol. The summed E-state index contributed by atoms with van der Waals surface area (Å²) in [5, 5.41) is 5.57. The number of benzene rings is 8. The molecule has 0 radical (unpaired) electrons. The van der Waals surface area contributed by atoms with E-state index in [1.54, 1.807) is 0 Å². The molecule has 1 aliphatic rings. The Bertz CT molecular complexity index is 2600. The topological polar surface area (TPSA) is 4.93 Å². The maximum atomic E-state index is 2.74. The molecule has 0 saturated heterocycles. The van der Waals surface area contributed by atoms with Gasteiger partial charge in [0.05, 0.1) is 0 Å². The van der Waals surface area contributed by atoms with Gasteiger partial charge in [0, 0.05) is 32.9 Å². The predicted octanol–water partition coefficient (Wildman–Crippen LogP) is 10.3. The van der Waals surface area contributed by atoms with Crippen LogP contribution in [0.2, 0.25) is 13.1 Å². The maximum Gasteiger partial charge on any atom is 0.328 e. The van der Waals surface area contributed by atoms with Crippen LogP contribution in [0.4, 0.5) is 0 Å². The summed E-state index contributed by atoms with van der Waals surface area (Å²) in [6.45, 7) is 5.03. The lowest BCUT2D eigenvalue weighted by molar-refractivity contribution is 1.34. The van der Waals surface area contributed by atoms with Crippen LogP contribution in [-0.2, 0) is 0 Å². The molecule has 1 aliphatic heterocycles. The molecule has 0 atom stereocenters. The molecule has 0 fully saturated rings. The van der Waals surface area contributed by atoms with Gasteiger partial charge in [0.2, 0.25) is 0 Å². The zero-order chi connectivity index (χ0) is 35.5. The highest BCUT2D eigenvalue weighted by Gasteiger charge is 2.43. The van der Waals surface area contributed by atoms with E-state index in [1.165, 1.54) is 87.6 Å². The first-order chi connectivity index (χ1) is 26.1. The normalized spacial score (nSPS) is 13.2. The van der Waals surface area contributed by atoms with Gasteiger partial charge in [0.25, 0.3) is 0 Å². The molecule has 250 valence electrons. The van der Waals surface area contributed by atoms with Gasteiger partial charge in [-0.15, -0.1) is 0 Å². The number of aromatic nitrogens is 1. The van der Waals surface area contributed by atoms with Crippen molar-refractivity contribution in [3.05, 3.63) is 194 Å². The summed E-state index contributed by atoms with van der Waals surface area (Å²) in [5.74, 6) is 0. The molecule has 0 bridgehead atoms. The largest absolute Gasteiger partial charge is 0.375 e. The lowest BCUT2D eigenvalue weighted by Gasteiger charge is -2.38. The monoisotopic (exact) mass is 691 g/mol. The summed E-state index contributed by atoms with van der Waals surface area (Å²) in [4.78, 5) is 0. The Kier molecular flexibility index (Phi) is 7.45. The van der Waals surface area contributed by atoms with E-state index in [4.69, 9.17) is 0 Å². The second-order valence-electron chi connectivity index (χ2n) is 14.9. The van der Waals surface area contributed by atoms with E-state index in [0.29, 0.717) is 0 Å². The Morgan fingerprint density at radius 1 is 0.358 bits per heavy atom. The van der Waals surface area contributed by atoms with Crippen LogP contribution in [0.1, 0.15) is 0 Å². The van der Waals surface area contributed by atoms with Crippen molar-refractivity contribution in [1.29, 1.82) is 0 Å². The molecule has 0 N–H and O–H groups in total. The first-order valence-electron chi connectivity index (χ1n) is 18.6. The molecule has 2 heterocycles. The van der Waals surface area contributed by atoms with Crippen molar-refractivity contribution in [2.75, 3.05) is 0 Å². The number of hydrogen-bond donors (Lipinski definition) is 0. The summed E-state index contributed by atoms with van der Waals surface area (Å²) < 4.78 is 2.74. The predicted molar refractivity (Wildman–Crippen MR) is 231 cm³/mol. The van der Waals surface area contributed by atoms with Crippen molar-refractivity contribution in [3.8, 4) is 44.5 Å². The van der Waals surface area contributed by atoms with Crippen LogP contribution < -0.4 is 21.3 Å². The molecule has 0 spiro atoms. The van der Waals surface area contributed by atoms with Crippen LogP contribution in [0, 0.1) is 0 Å². The highest BCUT2D eigenvalue weighted by atomic mass is 28.3. The average molecular weight is 692 g/mol. The lowest BCUT2D eigenvalue weighted by Crippen LogP contribution is -2.75. The Morgan fingerprint density at radius 3 is 1.09 bits per heavy atom. The molecule has 8 aromatic carbocycles. The molecule has 0 aliphatic carbocycles. The van der Waals surface area contributed by atoms with Crippen molar-refractivity contribution < 1.29 is 0 Å². The van der Waals surface area contributed by atoms with Crippen molar-refractivity contribution in [3.63, 3.8) is 0 Å². The molecule has 1 nitrogen and oxygen atoms in total. The second-order valence-corrected chi connectivity index (χ2v) is 19.2. The third-order valence-electron chi connectivity index (χ3n) is 11.5. The average Bonchev–Trinajstić information content (AvgIpc) is 3.55. The second kappa shape index (κ2) is 12.5. The van der Waals surface area contributed by atoms with Crippen molar-refractivity contribution >= 4 is 58.0 Å². The molecular formula is C50H38BNSi. The Labute approximate surface area is 313 Å². The minimum absolute atomic E-state index is 0.0157. The third kappa shape index (κ3) is 5.07. The van der Waals surface area contributed by atoms with Gasteiger partial charge < -0.3 is 4.48 Å². The van der Waals surface area contributed by atoms with E-state index in [1.807, 2.05) is 0 Å². The van der Waals surface area contributed by atoms with Gasteiger partial charge in [-0.1, -0.05) is 204 Å². The first-order valence-corrected chi connectivity index (χ1v) is 21.6. The van der Waals surface area contributed by atoms with E-state index in [2.05, 4.69) is 212 Å². The maximum absolute atomic E-state index is 2.74. The number of hydrogen-bond acceptors (Lipinski definition) is 0. The highest BCUT2D eigenvalue weighted by Crippen LogP contribution is 2.44. The molecule has 9 aromatic rings. The minimum Gasteiger partial charge on any atom is -0.375 e. The van der Waals surface area contributed by atoms with Crippen molar-refractivity contribution in [2.24, 2.45) is 0 Å². The summed E-state index contributed by atoms with van der Waals surface area (Å²) in [5.41, 5.74) is 15.2. The Hall–Kier alpha value is -6.16. The standard InChI is InChI=1S/C50H38BNSi/c1-53(2)47-29-17-15-27-45(47)51(46-28-16-18-30-48(46)53)52-49-41(37-23-11-5-12-24-37)31-39(35-19-7-3-8-20-35)33-43(49)44-34-40(36-21-9-4-10-22-36)32-42(50(44)52)38-25-13-6-14-26-38/h3-34H,1-2H3. The fourth-order valence-electron chi connectivity index (χ4n) is 9.04. The van der Waals surface area contributed by atoms with E-state index in [9.17, 15) is 0 Å². The lowest BCUT2D eigenvalue weighted by atomic mass is 9.49. The van der Waals surface area contributed by atoms with Gasteiger partial charge in [-0.3, -0.25) is 0 Å². The zero-order valence-electron chi connectivity index (χ0n) is 30.0. The molecule has 10 rings (SSSR count). The highest BCUT2D eigenvalue weighted by molar-refractivity contribution is 7.11. The van der Waals surface area contributed by atoms with Crippen molar-refractivity contribution in [2.45, 2.75) is 13.1 Å². The summed E-state index contributed by atoms with van der Waals surface area (Å²) in [7, 11) is -2.00. The van der Waals surface area contributed by atoms with Crippen LogP contribution in [0.15, 0.2) is 194 Å². The molecule has 0 amide bonds. The first kappa shape index (κ1) is 31.6. The molecule has 3 heteroatoms. The van der Waals surface area contributed by atoms with Gasteiger partial charge in [-0.2, -0.15) is 0 Å². The van der Waals surface area contributed by atoms with Gasteiger partial charge in [-0.25, -0.2) is 0 Å². The number of fused-ring (bicyclic) bond motifs is 5. The van der Waals surface area contributed by atoms with E-state index >= 15 is 0 Å². The van der Waals surface area contributed by atoms with E-state index in [0.717, 1.165) is 0 Å². The molecule has 53 heavy (non-hydrogen) atoms. The van der Waals surface area contributed by atoms with Crippen LogP contribution in [0.5, 0.6) is 0 Å². The SMILES string of the molecule is C[Si]1(C)c2ccccc2B(n2c3c(-c4ccccc4)cc(-c4ccccc4)cc3c3cc(-c4ccccc4)cc(-c4ccccc4)c32)c2ccccc21. The number of nitrogens with zero attached hydrogens (tertiary/aromatic N) is 1. The quantitative estimate of drug-likeness (QED) is 0.158. The minimum atomic E-state index is -2.00. The van der Waals surface area contributed by atoms with Gasteiger partial charge in [0.15, 0.2) is 0 Å². The summed E-state index contributed by atoms with van der Waals surface area (Å²) in [6.07, 6.45) is 0. The van der Waals surface area contributed by atoms with Crippen LogP contribution in [0.25, 0.3) is 66.3 Å². The zero-order valence-corrected chi connectivity index (χ0v) is 31.0. The summed E-state index contributed by atoms with van der Waals surface area (Å²) >= 11 is 0. The van der Waals surface area contributed by atoms with Crippen LogP contribution >= 0.6 is 0 Å². The van der Waals surface area contributed by atoms with Crippen LogP contribution in [0.3, 0.4) is 0 Å². The van der Waals surface area contributed by atoms with E-state index < -0.39 is 8.07 Å². The van der Waals surface area contributed by atoms with Gasteiger partial charge in [0.1, 0.15) is 8.07 Å². The van der Waals surface area contributed by atoms with Gasteiger partial charge in [-0.05, 0) is 57.6 Å². The van der Waals surface area contributed by atoms with Crippen molar-refractivity contribution in [1.82, 2.24) is 4.48 Å². The van der Waals surface area contributed by atoms with Gasteiger partial charge >= 0.3 is 6.85 Å². The third-order valence-corrected chi connectivity index (χ3v) is 15.1.